The first kappa shape index (κ1) is 13.4. The molecule has 1 heterocycles. The second-order valence-corrected chi connectivity index (χ2v) is 5.50. The molecule has 1 unspecified atom stereocenters. The van der Waals surface area contributed by atoms with Gasteiger partial charge in [-0.1, -0.05) is 0 Å². The molecule has 0 N–H and O–H groups in total. The van der Waals surface area contributed by atoms with Gasteiger partial charge in [0.05, 0.1) is 23.4 Å². The van der Waals surface area contributed by atoms with Crippen LogP contribution in [0.3, 0.4) is 0 Å². The van der Waals surface area contributed by atoms with Crippen LogP contribution in [0.1, 0.15) is 24.8 Å². The third-order valence-corrected chi connectivity index (χ3v) is 3.87. The van der Waals surface area contributed by atoms with E-state index < -0.39 is 0 Å². The third kappa shape index (κ3) is 3.24. The Hall–Kier alpha value is -1.05. The Morgan fingerprint density at radius 2 is 2.33 bits per heavy atom. The van der Waals surface area contributed by atoms with E-state index in [0.29, 0.717) is 11.7 Å². The lowest BCUT2D eigenvalue weighted by Gasteiger charge is -2.29. The molecule has 1 aliphatic heterocycles. The van der Waals surface area contributed by atoms with Gasteiger partial charge < -0.3 is 9.64 Å². The van der Waals surface area contributed by atoms with Crippen molar-refractivity contribution in [2.24, 2.45) is 0 Å². The third-order valence-electron chi connectivity index (χ3n) is 3.24. The van der Waals surface area contributed by atoms with Crippen molar-refractivity contribution >= 4 is 21.6 Å². The minimum absolute atomic E-state index is 0.325. The van der Waals surface area contributed by atoms with E-state index >= 15 is 0 Å². The monoisotopic (exact) mass is 308 g/mol. The zero-order chi connectivity index (χ0) is 13.0. The molecule has 0 aliphatic carbocycles. The van der Waals surface area contributed by atoms with Crippen LogP contribution in [-0.4, -0.2) is 26.3 Å². The predicted octanol–water partition coefficient (Wildman–Crippen LogP) is 3.33. The summed E-state index contributed by atoms with van der Waals surface area (Å²) in [6, 6.07) is 7.82. The molecule has 1 aromatic carbocycles. The highest BCUT2D eigenvalue weighted by Gasteiger charge is 2.17. The topological polar surface area (TPSA) is 36.3 Å². The summed E-state index contributed by atoms with van der Waals surface area (Å²) in [6.45, 7) is 1.78. The van der Waals surface area contributed by atoms with Gasteiger partial charge in [0, 0.05) is 24.7 Å². The number of nitriles is 1. The Balaban J connectivity index is 2.04. The molecule has 2 rings (SSSR count). The van der Waals surface area contributed by atoms with Crippen LogP contribution in [-0.2, 0) is 4.74 Å². The molecule has 1 atom stereocenters. The van der Waals surface area contributed by atoms with Crippen molar-refractivity contribution in [2.45, 2.75) is 25.4 Å². The van der Waals surface area contributed by atoms with Gasteiger partial charge in [-0.2, -0.15) is 5.26 Å². The van der Waals surface area contributed by atoms with Gasteiger partial charge in [-0.25, -0.2) is 0 Å². The van der Waals surface area contributed by atoms with Crippen LogP contribution in [0.15, 0.2) is 22.7 Å². The number of halogens is 1. The van der Waals surface area contributed by atoms with Crippen molar-refractivity contribution in [3.05, 3.63) is 28.2 Å². The van der Waals surface area contributed by atoms with E-state index in [2.05, 4.69) is 33.9 Å². The summed E-state index contributed by atoms with van der Waals surface area (Å²) < 4.78 is 6.70. The summed E-state index contributed by atoms with van der Waals surface area (Å²) in [5, 5.41) is 8.85. The molecule has 1 aliphatic rings. The minimum Gasteiger partial charge on any atom is -0.376 e. The summed E-state index contributed by atoms with van der Waals surface area (Å²) in [4.78, 5) is 2.18. The number of rotatable bonds is 3. The first-order valence-electron chi connectivity index (χ1n) is 6.23. The van der Waals surface area contributed by atoms with E-state index in [1.54, 1.807) is 0 Å². The summed E-state index contributed by atoms with van der Waals surface area (Å²) >= 11 is 3.52. The van der Waals surface area contributed by atoms with E-state index in [1.165, 1.54) is 12.8 Å². The van der Waals surface area contributed by atoms with Crippen molar-refractivity contribution in [1.82, 2.24) is 0 Å². The fourth-order valence-electron chi connectivity index (χ4n) is 2.24. The van der Waals surface area contributed by atoms with Crippen molar-refractivity contribution in [1.29, 1.82) is 5.26 Å². The standard InChI is InChI=1S/C14H17BrN2O/c1-17(10-12-4-2-3-7-18-12)14-6-5-11(9-16)8-13(14)15/h5-6,8,12H,2-4,7,10H2,1H3. The maximum atomic E-state index is 8.85. The number of likely N-dealkylation sites (N-methyl/N-ethyl adjacent to an activating group) is 1. The van der Waals surface area contributed by atoms with Crippen LogP contribution in [0.4, 0.5) is 5.69 Å². The molecular weight excluding hydrogens is 292 g/mol. The number of hydrogen-bond acceptors (Lipinski definition) is 3. The van der Waals surface area contributed by atoms with Gasteiger partial charge in [0.25, 0.3) is 0 Å². The predicted molar refractivity (Wildman–Crippen MR) is 75.7 cm³/mol. The van der Waals surface area contributed by atoms with E-state index in [0.717, 1.165) is 29.7 Å². The van der Waals surface area contributed by atoms with Crippen molar-refractivity contribution in [2.75, 3.05) is 25.1 Å². The first-order valence-corrected chi connectivity index (χ1v) is 7.02. The van der Waals surface area contributed by atoms with Gasteiger partial charge in [0.1, 0.15) is 0 Å². The summed E-state index contributed by atoms with van der Waals surface area (Å²) in [6.07, 6.45) is 3.90. The Morgan fingerprint density at radius 3 is 2.94 bits per heavy atom. The molecule has 0 spiro atoms. The minimum atomic E-state index is 0.325. The van der Waals surface area contributed by atoms with Gasteiger partial charge >= 0.3 is 0 Å². The summed E-state index contributed by atoms with van der Waals surface area (Å²) in [5.41, 5.74) is 1.77. The molecule has 1 fully saturated rings. The zero-order valence-electron chi connectivity index (χ0n) is 10.5. The van der Waals surface area contributed by atoms with Gasteiger partial charge in [0.15, 0.2) is 0 Å². The number of anilines is 1. The SMILES string of the molecule is CN(CC1CCCCO1)c1ccc(C#N)cc1Br. The second-order valence-electron chi connectivity index (χ2n) is 4.65. The highest BCUT2D eigenvalue weighted by atomic mass is 79.9. The van der Waals surface area contributed by atoms with Crippen LogP contribution in [0.25, 0.3) is 0 Å². The molecule has 96 valence electrons. The second kappa shape index (κ2) is 6.21. The van der Waals surface area contributed by atoms with Gasteiger partial charge in [-0.3, -0.25) is 0 Å². The Bertz CT molecular complexity index is 450. The maximum absolute atomic E-state index is 8.85. The van der Waals surface area contributed by atoms with Gasteiger partial charge in [-0.15, -0.1) is 0 Å². The number of nitrogens with zero attached hydrogens (tertiary/aromatic N) is 2. The molecule has 0 radical (unpaired) electrons. The largest absolute Gasteiger partial charge is 0.376 e. The van der Waals surface area contributed by atoms with Crippen LogP contribution < -0.4 is 4.90 Å². The van der Waals surface area contributed by atoms with Crippen LogP contribution >= 0.6 is 15.9 Å². The van der Waals surface area contributed by atoms with Crippen molar-refractivity contribution < 1.29 is 4.74 Å². The molecule has 1 aromatic rings. The lowest BCUT2D eigenvalue weighted by atomic mass is 10.1. The average molecular weight is 309 g/mol. The molecule has 4 heteroatoms. The quantitative estimate of drug-likeness (QED) is 0.859. The average Bonchev–Trinajstić information content (AvgIpc) is 2.39. The van der Waals surface area contributed by atoms with Crippen LogP contribution in [0.2, 0.25) is 0 Å². The number of hydrogen-bond donors (Lipinski definition) is 0. The van der Waals surface area contributed by atoms with E-state index in [1.807, 2.05) is 18.2 Å². The maximum Gasteiger partial charge on any atom is 0.0992 e. The molecule has 0 amide bonds. The Labute approximate surface area is 116 Å². The molecule has 3 nitrogen and oxygen atoms in total. The lowest BCUT2D eigenvalue weighted by Crippen LogP contribution is -2.33. The zero-order valence-corrected chi connectivity index (χ0v) is 12.1. The highest BCUT2D eigenvalue weighted by molar-refractivity contribution is 9.10. The fourth-order valence-corrected chi connectivity index (χ4v) is 2.92. The first-order chi connectivity index (χ1) is 8.70. The molecule has 18 heavy (non-hydrogen) atoms. The number of ether oxygens (including phenoxy) is 1. The molecule has 0 bridgehead atoms. The van der Waals surface area contributed by atoms with E-state index in [-0.39, 0.29) is 0 Å². The smallest absolute Gasteiger partial charge is 0.0992 e. The van der Waals surface area contributed by atoms with E-state index in [9.17, 15) is 0 Å². The van der Waals surface area contributed by atoms with Gasteiger partial charge in [0.2, 0.25) is 0 Å². The molecular formula is C14H17BrN2O. The lowest BCUT2D eigenvalue weighted by molar-refractivity contribution is 0.0216. The van der Waals surface area contributed by atoms with Crippen LogP contribution in [0.5, 0.6) is 0 Å². The van der Waals surface area contributed by atoms with E-state index in [4.69, 9.17) is 10.00 Å². The fraction of sp³-hybridized carbons (Fsp3) is 0.500. The summed E-state index contributed by atoms with van der Waals surface area (Å²) in [7, 11) is 2.06. The van der Waals surface area contributed by atoms with Crippen molar-refractivity contribution in [3.63, 3.8) is 0 Å². The Kier molecular flexibility index (Phi) is 4.62. The highest BCUT2D eigenvalue weighted by Crippen LogP contribution is 2.27. The number of benzene rings is 1. The summed E-state index contributed by atoms with van der Waals surface area (Å²) in [5.74, 6) is 0. The normalized spacial score (nSPS) is 19.3. The molecule has 1 saturated heterocycles. The van der Waals surface area contributed by atoms with Crippen LogP contribution in [0, 0.1) is 11.3 Å². The Morgan fingerprint density at radius 1 is 1.50 bits per heavy atom. The molecule has 0 saturated carbocycles. The van der Waals surface area contributed by atoms with Gasteiger partial charge in [-0.05, 0) is 53.4 Å². The molecule has 0 aromatic heterocycles. The van der Waals surface area contributed by atoms with Crippen molar-refractivity contribution in [3.8, 4) is 6.07 Å².